The summed E-state index contributed by atoms with van der Waals surface area (Å²) in [6.07, 6.45) is 2.39. The number of hydrogen-bond donors (Lipinski definition) is 1. The van der Waals surface area contributed by atoms with Gasteiger partial charge in [0.15, 0.2) is 11.5 Å². The summed E-state index contributed by atoms with van der Waals surface area (Å²) in [4.78, 5) is 2.40. The minimum atomic E-state index is 0.605. The normalized spacial score (nSPS) is 18.7. The molecule has 106 valence electrons. The molecule has 1 N–H and O–H groups in total. The molecule has 1 saturated heterocycles. The Bertz CT molecular complexity index is 409. The first-order chi connectivity index (χ1) is 9.28. The first kappa shape index (κ1) is 14.0. The third-order valence-corrected chi connectivity index (χ3v) is 3.60. The van der Waals surface area contributed by atoms with E-state index < -0.39 is 0 Å². The zero-order valence-electron chi connectivity index (χ0n) is 12.1. The van der Waals surface area contributed by atoms with E-state index in [0.717, 1.165) is 31.1 Å². The predicted octanol–water partition coefficient (Wildman–Crippen LogP) is 2.28. The number of methoxy groups -OCH3 is 2. The molecule has 4 heteroatoms. The molecule has 4 nitrogen and oxygen atoms in total. The maximum Gasteiger partial charge on any atom is 0.162 e. The highest BCUT2D eigenvalue weighted by molar-refractivity contribution is 5.57. The van der Waals surface area contributed by atoms with E-state index in [2.05, 4.69) is 29.3 Å². The average Bonchev–Trinajstić information content (AvgIpc) is 2.93. The van der Waals surface area contributed by atoms with Gasteiger partial charge in [0.25, 0.3) is 0 Å². The zero-order valence-corrected chi connectivity index (χ0v) is 12.1. The Morgan fingerprint density at radius 1 is 1.26 bits per heavy atom. The molecule has 0 amide bonds. The van der Waals surface area contributed by atoms with Gasteiger partial charge < -0.3 is 19.7 Å². The van der Waals surface area contributed by atoms with Crippen molar-refractivity contribution in [3.05, 3.63) is 18.2 Å². The quantitative estimate of drug-likeness (QED) is 0.854. The van der Waals surface area contributed by atoms with Gasteiger partial charge in [-0.25, -0.2) is 0 Å². The fraction of sp³-hybridized carbons (Fsp3) is 0.600. The number of hydrogen-bond acceptors (Lipinski definition) is 4. The van der Waals surface area contributed by atoms with E-state index in [4.69, 9.17) is 9.47 Å². The third kappa shape index (κ3) is 3.32. The van der Waals surface area contributed by atoms with E-state index in [-0.39, 0.29) is 0 Å². The van der Waals surface area contributed by atoms with Crippen molar-refractivity contribution in [2.75, 3.05) is 38.8 Å². The molecular formula is C15H24N2O2. The molecule has 0 saturated carbocycles. The fourth-order valence-electron chi connectivity index (χ4n) is 2.53. The van der Waals surface area contributed by atoms with Crippen molar-refractivity contribution in [2.24, 2.45) is 0 Å². The summed E-state index contributed by atoms with van der Waals surface area (Å²) < 4.78 is 10.6. The Hall–Kier alpha value is -1.42. The van der Waals surface area contributed by atoms with E-state index >= 15 is 0 Å². The number of rotatable bonds is 6. The highest BCUT2D eigenvalue weighted by Gasteiger charge is 2.22. The molecule has 1 fully saturated rings. The summed E-state index contributed by atoms with van der Waals surface area (Å²) in [5.41, 5.74) is 1.21. The largest absolute Gasteiger partial charge is 0.493 e. The van der Waals surface area contributed by atoms with Gasteiger partial charge in [-0.3, -0.25) is 0 Å². The highest BCUT2D eigenvalue weighted by atomic mass is 16.5. The maximum absolute atomic E-state index is 5.36. The first-order valence-corrected chi connectivity index (χ1v) is 6.98. The van der Waals surface area contributed by atoms with E-state index in [0.29, 0.717) is 6.04 Å². The first-order valence-electron chi connectivity index (χ1n) is 6.98. The molecule has 1 aliphatic heterocycles. The Morgan fingerprint density at radius 3 is 2.74 bits per heavy atom. The minimum Gasteiger partial charge on any atom is -0.493 e. The van der Waals surface area contributed by atoms with Crippen LogP contribution in [-0.2, 0) is 0 Å². The molecule has 1 aromatic rings. The van der Waals surface area contributed by atoms with Gasteiger partial charge in [0.1, 0.15) is 0 Å². The molecule has 0 bridgehead atoms. The molecule has 1 aliphatic rings. The highest BCUT2D eigenvalue weighted by Crippen LogP contribution is 2.32. The molecule has 1 unspecified atom stereocenters. The molecule has 0 radical (unpaired) electrons. The lowest BCUT2D eigenvalue weighted by atomic mass is 10.2. The van der Waals surface area contributed by atoms with E-state index in [1.165, 1.54) is 18.5 Å². The number of anilines is 1. The lowest BCUT2D eigenvalue weighted by Gasteiger charge is -2.20. The summed E-state index contributed by atoms with van der Waals surface area (Å²) in [6, 6.07) is 6.74. The summed E-state index contributed by atoms with van der Waals surface area (Å²) in [5, 5.41) is 3.58. The van der Waals surface area contributed by atoms with E-state index in [1.54, 1.807) is 14.2 Å². The molecule has 0 aromatic heterocycles. The summed E-state index contributed by atoms with van der Waals surface area (Å²) in [5.74, 6) is 1.58. The summed E-state index contributed by atoms with van der Waals surface area (Å²) in [6.45, 7) is 5.46. The second-order valence-corrected chi connectivity index (χ2v) is 4.93. The minimum absolute atomic E-state index is 0.605. The average molecular weight is 264 g/mol. The Morgan fingerprint density at radius 2 is 2.05 bits per heavy atom. The number of ether oxygens (including phenoxy) is 2. The van der Waals surface area contributed by atoms with Crippen molar-refractivity contribution in [2.45, 2.75) is 25.8 Å². The van der Waals surface area contributed by atoms with Gasteiger partial charge in [-0.2, -0.15) is 0 Å². The van der Waals surface area contributed by atoms with Crippen LogP contribution in [0.5, 0.6) is 11.5 Å². The third-order valence-electron chi connectivity index (χ3n) is 3.60. The SMILES string of the molecule is CCCNC1CCN(c2ccc(OC)c(OC)c2)C1. The maximum atomic E-state index is 5.36. The lowest BCUT2D eigenvalue weighted by Crippen LogP contribution is -2.32. The van der Waals surface area contributed by atoms with Crippen LogP contribution in [0.15, 0.2) is 18.2 Å². The molecule has 1 atom stereocenters. The van der Waals surface area contributed by atoms with Crippen LogP contribution < -0.4 is 19.7 Å². The van der Waals surface area contributed by atoms with Crippen LogP contribution >= 0.6 is 0 Å². The molecule has 19 heavy (non-hydrogen) atoms. The monoisotopic (exact) mass is 264 g/mol. The van der Waals surface area contributed by atoms with Gasteiger partial charge in [0.05, 0.1) is 14.2 Å². The standard InChI is InChI=1S/C15H24N2O2/c1-4-8-16-12-7-9-17(11-12)13-5-6-14(18-2)15(10-13)19-3/h5-6,10,12,16H,4,7-9,11H2,1-3H3. The van der Waals surface area contributed by atoms with Crippen LogP contribution in [0, 0.1) is 0 Å². The molecule has 1 heterocycles. The molecular weight excluding hydrogens is 240 g/mol. The van der Waals surface area contributed by atoms with Crippen LogP contribution in [0.4, 0.5) is 5.69 Å². The van der Waals surface area contributed by atoms with Crippen molar-refractivity contribution in [3.8, 4) is 11.5 Å². The van der Waals surface area contributed by atoms with Gasteiger partial charge in [-0.1, -0.05) is 6.92 Å². The van der Waals surface area contributed by atoms with Gasteiger partial charge in [0, 0.05) is 30.9 Å². The summed E-state index contributed by atoms with van der Waals surface area (Å²) >= 11 is 0. The topological polar surface area (TPSA) is 33.7 Å². The Balaban J connectivity index is 2.03. The van der Waals surface area contributed by atoms with Crippen LogP contribution in [0.1, 0.15) is 19.8 Å². The van der Waals surface area contributed by atoms with Crippen LogP contribution in [0.2, 0.25) is 0 Å². The molecule has 0 spiro atoms. The van der Waals surface area contributed by atoms with Crippen molar-refractivity contribution in [1.82, 2.24) is 5.32 Å². The van der Waals surface area contributed by atoms with Crippen LogP contribution in [0.3, 0.4) is 0 Å². The second kappa shape index (κ2) is 6.66. The predicted molar refractivity (Wildman–Crippen MR) is 78.5 cm³/mol. The lowest BCUT2D eigenvalue weighted by molar-refractivity contribution is 0.355. The van der Waals surface area contributed by atoms with Crippen molar-refractivity contribution >= 4 is 5.69 Å². The number of nitrogens with zero attached hydrogens (tertiary/aromatic N) is 1. The smallest absolute Gasteiger partial charge is 0.162 e. The molecule has 1 aromatic carbocycles. The second-order valence-electron chi connectivity index (χ2n) is 4.93. The van der Waals surface area contributed by atoms with Gasteiger partial charge >= 0.3 is 0 Å². The van der Waals surface area contributed by atoms with Gasteiger partial charge in [-0.15, -0.1) is 0 Å². The molecule has 0 aliphatic carbocycles. The van der Waals surface area contributed by atoms with Crippen molar-refractivity contribution in [3.63, 3.8) is 0 Å². The fourth-order valence-corrected chi connectivity index (χ4v) is 2.53. The number of nitrogens with one attached hydrogen (secondary N) is 1. The van der Waals surface area contributed by atoms with E-state index in [9.17, 15) is 0 Å². The van der Waals surface area contributed by atoms with Crippen molar-refractivity contribution in [1.29, 1.82) is 0 Å². The molecule has 2 rings (SSSR count). The number of benzene rings is 1. The van der Waals surface area contributed by atoms with Crippen molar-refractivity contribution < 1.29 is 9.47 Å². The van der Waals surface area contributed by atoms with Crippen LogP contribution in [-0.4, -0.2) is 39.9 Å². The van der Waals surface area contributed by atoms with E-state index in [1.807, 2.05) is 6.07 Å². The zero-order chi connectivity index (χ0) is 13.7. The Labute approximate surface area is 115 Å². The summed E-state index contributed by atoms with van der Waals surface area (Å²) in [7, 11) is 3.34. The van der Waals surface area contributed by atoms with Crippen LogP contribution in [0.25, 0.3) is 0 Å². The van der Waals surface area contributed by atoms with Gasteiger partial charge in [-0.05, 0) is 31.5 Å². The Kier molecular flexibility index (Phi) is 4.91. The van der Waals surface area contributed by atoms with Gasteiger partial charge in [0.2, 0.25) is 0 Å².